The van der Waals surface area contributed by atoms with Crippen molar-refractivity contribution in [1.82, 2.24) is 9.88 Å². The van der Waals surface area contributed by atoms with Gasteiger partial charge in [0.05, 0.1) is 11.9 Å². The second-order valence-electron chi connectivity index (χ2n) is 9.01. The number of aromatic nitrogens is 1. The number of benzene rings is 2. The number of fused-ring (bicyclic) bond motifs is 1. The van der Waals surface area contributed by atoms with Crippen LogP contribution in [0.2, 0.25) is 5.02 Å². The number of hydrogen-bond acceptors (Lipinski definition) is 2. The molecule has 0 aliphatic heterocycles. The summed E-state index contributed by atoms with van der Waals surface area (Å²) in [5.74, 6) is -1.38. The Balaban J connectivity index is 2.20. The van der Waals surface area contributed by atoms with E-state index < -0.39 is 30.1 Å². The summed E-state index contributed by atoms with van der Waals surface area (Å²) in [6.07, 6.45) is -5.35. The Hall–Kier alpha value is -2.80. The van der Waals surface area contributed by atoms with Crippen LogP contribution in [0.25, 0.3) is 10.9 Å². The number of aryl methyl sites for hydroxylation is 1. The normalized spacial score (nSPS) is 12.2. The fourth-order valence-electron chi connectivity index (χ4n) is 3.47. The largest absolute Gasteiger partial charge is 0.432 e. The Kier molecular flexibility index (Phi) is 6.43. The molecule has 1 amide bonds. The van der Waals surface area contributed by atoms with Crippen LogP contribution in [-0.4, -0.2) is 22.9 Å². The molecule has 1 N–H and O–H groups in total. The molecule has 8 heteroatoms. The number of hydrogen-bond donors (Lipinski definition) is 1. The van der Waals surface area contributed by atoms with Crippen molar-refractivity contribution in [3.05, 3.63) is 69.9 Å². The second kappa shape index (κ2) is 8.62. The van der Waals surface area contributed by atoms with Crippen molar-refractivity contribution < 1.29 is 22.8 Å². The quantitative estimate of drug-likeness (QED) is 0.513. The fraction of sp³-hybridized carbons (Fsp3) is 0.333. The van der Waals surface area contributed by atoms with E-state index in [-0.39, 0.29) is 27.4 Å². The smallest absolute Gasteiger partial charge is 0.355 e. The summed E-state index contributed by atoms with van der Waals surface area (Å²) < 4.78 is 43.5. The first-order valence-electron chi connectivity index (χ1n) is 10.1. The predicted octanol–water partition coefficient (Wildman–Crippen LogP) is 6.02. The maximum Gasteiger partial charge on any atom is 0.432 e. The molecule has 0 bridgehead atoms. The van der Waals surface area contributed by atoms with Gasteiger partial charge in [0.2, 0.25) is 5.91 Å². The molecule has 170 valence electrons. The van der Waals surface area contributed by atoms with Gasteiger partial charge in [0.1, 0.15) is 5.69 Å². The third kappa shape index (κ3) is 5.15. The summed E-state index contributed by atoms with van der Waals surface area (Å²) in [6.45, 7) is 7.79. The highest BCUT2D eigenvalue weighted by atomic mass is 35.5. The van der Waals surface area contributed by atoms with Gasteiger partial charge in [0.15, 0.2) is 0 Å². The summed E-state index contributed by atoms with van der Waals surface area (Å²) in [4.78, 5) is 25.8. The summed E-state index contributed by atoms with van der Waals surface area (Å²) in [5.41, 5.74) is -0.701. The van der Waals surface area contributed by atoms with E-state index in [4.69, 9.17) is 11.6 Å². The Bertz CT molecular complexity index is 1170. The molecule has 0 fully saturated rings. The second-order valence-corrected chi connectivity index (χ2v) is 9.44. The average Bonchev–Trinajstić information content (AvgIpc) is 2.99. The zero-order chi connectivity index (χ0) is 23.8. The van der Waals surface area contributed by atoms with Crippen LogP contribution in [-0.2, 0) is 17.4 Å². The molecule has 1 heterocycles. The summed E-state index contributed by atoms with van der Waals surface area (Å²) in [7, 11) is 0. The van der Waals surface area contributed by atoms with Crippen LogP contribution < -0.4 is 5.32 Å². The molecular formula is C24H24ClF3N2O2. The molecule has 0 spiro atoms. The van der Waals surface area contributed by atoms with Crippen LogP contribution in [0, 0.1) is 12.3 Å². The average molecular weight is 465 g/mol. The lowest BCUT2D eigenvalue weighted by Gasteiger charge is -2.19. The lowest BCUT2D eigenvalue weighted by molar-refractivity contribution is -0.143. The molecule has 0 radical (unpaired) electrons. The van der Waals surface area contributed by atoms with E-state index in [1.165, 1.54) is 30.3 Å². The van der Waals surface area contributed by atoms with Crippen molar-refractivity contribution in [2.45, 2.75) is 40.3 Å². The van der Waals surface area contributed by atoms with Gasteiger partial charge >= 0.3 is 6.18 Å². The number of amides is 1. The molecule has 0 aliphatic carbocycles. The lowest BCUT2D eigenvalue weighted by Crippen LogP contribution is -2.33. The molecule has 0 saturated heterocycles. The molecular weight excluding hydrogens is 441 g/mol. The standard InChI is InChI=1S/C24H24ClF3N2O2/c1-14-5-10-19-17(11-14)18(12-20(31)29-13-23(2,3)4)21(24(26,27)28)30(19)22(32)15-6-8-16(25)9-7-15/h5-11H,12-13H2,1-4H3,(H,29,31). The van der Waals surface area contributed by atoms with Crippen molar-refractivity contribution in [2.24, 2.45) is 5.41 Å². The third-order valence-electron chi connectivity index (χ3n) is 4.94. The highest BCUT2D eigenvalue weighted by molar-refractivity contribution is 6.30. The maximum atomic E-state index is 14.3. The summed E-state index contributed by atoms with van der Waals surface area (Å²) in [6, 6.07) is 10.3. The van der Waals surface area contributed by atoms with Crippen molar-refractivity contribution in [3.63, 3.8) is 0 Å². The van der Waals surface area contributed by atoms with Gasteiger partial charge < -0.3 is 5.32 Å². The summed E-state index contributed by atoms with van der Waals surface area (Å²) in [5, 5.41) is 3.28. The highest BCUT2D eigenvalue weighted by Crippen LogP contribution is 2.39. The summed E-state index contributed by atoms with van der Waals surface area (Å²) >= 11 is 5.86. The first kappa shape index (κ1) is 23.9. The molecule has 0 unspecified atom stereocenters. The van der Waals surface area contributed by atoms with Crippen LogP contribution in [0.4, 0.5) is 13.2 Å². The van der Waals surface area contributed by atoms with Gasteiger partial charge in [-0.3, -0.25) is 14.2 Å². The van der Waals surface area contributed by atoms with Crippen molar-refractivity contribution in [1.29, 1.82) is 0 Å². The zero-order valence-corrected chi connectivity index (χ0v) is 19.0. The molecule has 3 aromatic rings. The van der Waals surface area contributed by atoms with Crippen molar-refractivity contribution in [2.75, 3.05) is 6.54 Å². The van der Waals surface area contributed by atoms with Gasteiger partial charge in [-0.15, -0.1) is 0 Å². The SMILES string of the molecule is Cc1ccc2c(c1)c(CC(=O)NCC(C)(C)C)c(C(F)(F)F)n2C(=O)c1ccc(Cl)cc1. The Morgan fingerprint density at radius 2 is 1.66 bits per heavy atom. The Morgan fingerprint density at radius 1 is 1.03 bits per heavy atom. The van der Waals surface area contributed by atoms with Crippen molar-refractivity contribution >= 4 is 34.3 Å². The highest BCUT2D eigenvalue weighted by Gasteiger charge is 2.41. The number of rotatable bonds is 4. The number of carbonyl (C=O) groups excluding carboxylic acids is 2. The molecule has 0 aliphatic rings. The minimum absolute atomic E-state index is 0.0566. The molecule has 32 heavy (non-hydrogen) atoms. The van der Waals surface area contributed by atoms with E-state index in [1.807, 2.05) is 20.8 Å². The van der Waals surface area contributed by atoms with Crippen LogP contribution >= 0.6 is 11.6 Å². The molecule has 3 rings (SSSR count). The minimum Gasteiger partial charge on any atom is -0.355 e. The molecule has 0 saturated carbocycles. The lowest BCUT2D eigenvalue weighted by atomic mass is 9.97. The monoisotopic (exact) mass is 464 g/mol. The van der Waals surface area contributed by atoms with Gasteiger partial charge in [-0.05, 0) is 54.3 Å². The van der Waals surface area contributed by atoms with Crippen LogP contribution in [0.1, 0.15) is 48.0 Å². The maximum absolute atomic E-state index is 14.3. The van der Waals surface area contributed by atoms with E-state index in [0.29, 0.717) is 16.1 Å². The van der Waals surface area contributed by atoms with E-state index in [9.17, 15) is 22.8 Å². The third-order valence-corrected chi connectivity index (χ3v) is 5.20. The number of nitrogens with one attached hydrogen (secondary N) is 1. The van der Waals surface area contributed by atoms with E-state index in [1.54, 1.807) is 19.1 Å². The Labute approximate surface area is 189 Å². The zero-order valence-electron chi connectivity index (χ0n) is 18.2. The van der Waals surface area contributed by atoms with Crippen LogP contribution in [0.15, 0.2) is 42.5 Å². The Morgan fingerprint density at radius 3 is 2.22 bits per heavy atom. The number of nitrogens with zero attached hydrogens (tertiary/aromatic N) is 1. The van der Waals surface area contributed by atoms with Gasteiger partial charge in [-0.1, -0.05) is 44.0 Å². The number of halogens is 4. The molecule has 0 atom stereocenters. The predicted molar refractivity (Wildman–Crippen MR) is 119 cm³/mol. The van der Waals surface area contributed by atoms with Gasteiger partial charge in [-0.2, -0.15) is 13.2 Å². The number of alkyl halides is 3. The van der Waals surface area contributed by atoms with E-state index >= 15 is 0 Å². The van der Waals surface area contributed by atoms with Gasteiger partial charge in [-0.25, -0.2) is 0 Å². The van der Waals surface area contributed by atoms with Crippen molar-refractivity contribution in [3.8, 4) is 0 Å². The molecule has 4 nitrogen and oxygen atoms in total. The first-order valence-corrected chi connectivity index (χ1v) is 10.4. The van der Waals surface area contributed by atoms with Crippen LogP contribution in [0.5, 0.6) is 0 Å². The first-order chi connectivity index (χ1) is 14.8. The fourth-order valence-corrected chi connectivity index (χ4v) is 3.59. The topological polar surface area (TPSA) is 51.1 Å². The number of carbonyl (C=O) groups is 2. The molecule has 2 aromatic carbocycles. The molecule has 1 aromatic heterocycles. The van der Waals surface area contributed by atoms with Gasteiger partial charge in [0.25, 0.3) is 5.91 Å². The van der Waals surface area contributed by atoms with Gasteiger partial charge in [0, 0.05) is 22.5 Å². The van der Waals surface area contributed by atoms with E-state index in [2.05, 4.69) is 5.32 Å². The van der Waals surface area contributed by atoms with Crippen LogP contribution in [0.3, 0.4) is 0 Å². The minimum atomic E-state index is -4.85. The van der Waals surface area contributed by atoms with E-state index in [0.717, 1.165) is 5.56 Å².